The van der Waals surface area contributed by atoms with E-state index in [9.17, 15) is 18.4 Å². The van der Waals surface area contributed by atoms with Gasteiger partial charge in [0.05, 0.1) is 18.1 Å². The predicted molar refractivity (Wildman–Crippen MR) is 124 cm³/mol. The number of hydrogen-bond donors (Lipinski definition) is 2. The Balaban J connectivity index is 0.00000385. The van der Waals surface area contributed by atoms with Crippen molar-refractivity contribution in [2.24, 2.45) is 5.92 Å². The fourth-order valence-electron chi connectivity index (χ4n) is 4.17. The Labute approximate surface area is 200 Å². The molecule has 1 aliphatic carbocycles. The Hall–Kier alpha value is -2.24. The molecule has 182 valence electrons. The minimum Gasteiger partial charge on any atom is -0.497 e. The number of nitrogens with one attached hydrogen (secondary N) is 1. The highest BCUT2D eigenvalue weighted by atomic mass is 35.5. The maximum atomic E-state index is 13.7. The summed E-state index contributed by atoms with van der Waals surface area (Å²) in [6, 6.07) is 8.33. The van der Waals surface area contributed by atoms with Gasteiger partial charge in [-0.25, -0.2) is 13.9 Å². The zero-order valence-electron chi connectivity index (χ0n) is 18.6. The minimum absolute atomic E-state index is 0. The zero-order valence-corrected chi connectivity index (χ0v) is 20.2. The van der Waals surface area contributed by atoms with Crippen LogP contribution in [0.5, 0.6) is 5.75 Å². The van der Waals surface area contributed by atoms with E-state index in [1.54, 1.807) is 49.2 Å². The van der Waals surface area contributed by atoms with Gasteiger partial charge in [-0.3, -0.25) is 15.0 Å². The molecule has 1 unspecified atom stereocenters. The van der Waals surface area contributed by atoms with Crippen molar-refractivity contribution >= 4 is 28.3 Å². The molecule has 1 aromatic carbocycles. The number of aromatic nitrogens is 1. The summed E-state index contributed by atoms with van der Waals surface area (Å²) in [5, 5.41) is 9.48. The van der Waals surface area contributed by atoms with Crippen LogP contribution in [0.4, 0.5) is 0 Å². The molecule has 11 heteroatoms. The number of methoxy groups -OCH3 is 2. The second kappa shape index (κ2) is 12.3. The largest absolute Gasteiger partial charge is 0.497 e. The van der Waals surface area contributed by atoms with E-state index < -0.39 is 22.0 Å². The Morgan fingerprint density at radius 1 is 1.12 bits per heavy atom. The molecular formula is C22H30ClN3O6S. The minimum atomic E-state index is -4.09. The molecule has 1 aliphatic rings. The van der Waals surface area contributed by atoms with Crippen molar-refractivity contribution in [3.63, 3.8) is 0 Å². The number of ether oxygens (including phenoxy) is 2. The van der Waals surface area contributed by atoms with Crippen LogP contribution in [0.1, 0.15) is 31.2 Å². The number of amides is 1. The molecule has 1 heterocycles. The summed E-state index contributed by atoms with van der Waals surface area (Å²) < 4.78 is 39.2. The fraction of sp³-hybridized carbons (Fsp3) is 0.455. The van der Waals surface area contributed by atoms with Crippen LogP contribution in [-0.4, -0.2) is 55.2 Å². The second-order valence-corrected chi connectivity index (χ2v) is 9.67. The van der Waals surface area contributed by atoms with Crippen molar-refractivity contribution < 1.29 is 27.9 Å². The van der Waals surface area contributed by atoms with E-state index in [4.69, 9.17) is 9.47 Å². The average molecular weight is 500 g/mol. The molecule has 1 saturated carbocycles. The summed E-state index contributed by atoms with van der Waals surface area (Å²) in [5.74, 6) is -0.507. The molecule has 1 amide bonds. The smallest absolute Gasteiger partial charge is 0.262 e. The maximum absolute atomic E-state index is 13.7. The van der Waals surface area contributed by atoms with Crippen LogP contribution < -0.4 is 10.2 Å². The first-order valence-electron chi connectivity index (χ1n) is 10.4. The van der Waals surface area contributed by atoms with Gasteiger partial charge >= 0.3 is 0 Å². The quantitative estimate of drug-likeness (QED) is 0.402. The van der Waals surface area contributed by atoms with Crippen molar-refractivity contribution in [2.45, 2.75) is 49.3 Å². The highest BCUT2D eigenvalue weighted by molar-refractivity contribution is 7.89. The summed E-state index contributed by atoms with van der Waals surface area (Å²) in [6.45, 7) is -0.0425. The summed E-state index contributed by atoms with van der Waals surface area (Å²) in [5.41, 5.74) is 2.37. The lowest BCUT2D eigenvalue weighted by atomic mass is 9.82. The normalized spacial score (nSPS) is 19.4. The molecule has 9 nitrogen and oxygen atoms in total. The van der Waals surface area contributed by atoms with Gasteiger partial charge < -0.3 is 9.47 Å². The number of carbonyl (C=O) groups is 1. The van der Waals surface area contributed by atoms with Crippen LogP contribution in [0.3, 0.4) is 0 Å². The van der Waals surface area contributed by atoms with Gasteiger partial charge in [-0.2, -0.15) is 4.31 Å². The van der Waals surface area contributed by atoms with Crippen LogP contribution in [0.2, 0.25) is 0 Å². The SMILES string of the molecule is COc1ccc(S(=O)(=O)N(Cc2ccncc2)C(C(=O)NO)[C@H]2CC[C@@H](OC)CC2)cc1.Cl. The molecule has 33 heavy (non-hydrogen) atoms. The number of halogens is 1. The van der Waals surface area contributed by atoms with Crippen molar-refractivity contribution in [3.8, 4) is 5.75 Å². The van der Waals surface area contributed by atoms with Gasteiger partial charge in [0.25, 0.3) is 5.91 Å². The molecular weight excluding hydrogens is 470 g/mol. The number of nitrogens with zero attached hydrogens (tertiary/aromatic N) is 2. The van der Waals surface area contributed by atoms with Gasteiger partial charge in [-0.1, -0.05) is 0 Å². The number of hydroxylamine groups is 1. The first-order valence-corrected chi connectivity index (χ1v) is 11.9. The standard InChI is InChI=1S/C22H29N3O6S.ClH/c1-30-18-5-3-17(4-6-18)21(22(26)24-27)25(15-16-11-13-23-14-12-16)32(28,29)20-9-7-19(31-2)8-10-20;/h7-14,17-18,21,27H,3-6,15H2,1-2H3,(H,24,26);1H/t17-,18+,21?;. The summed E-state index contributed by atoms with van der Waals surface area (Å²) >= 11 is 0. The van der Waals surface area contributed by atoms with E-state index in [1.807, 2.05) is 0 Å². The van der Waals surface area contributed by atoms with Crippen molar-refractivity contribution in [2.75, 3.05) is 14.2 Å². The van der Waals surface area contributed by atoms with E-state index in [1.165, 1.54) is 23.5 Å². The number of rotatable bonds is 9. The molecule has 0 bridgehead atoms. The van der Waals surface area contributed by atoms with Gasteiger partial charge in [-0.05, 0) is 73.6 Å². The van der Waals surface area contributed by atoms with Gasteiger partial charge in [-0.15, -0.1) is 12.4 Å². The lowest BCUT2D eigenvalue weighted by Gasteiger charge is -2.38. The van der Waals surface area contributed by atoms with Gasteiger partial charge in [0, 0.05) is 26.0 Å². The monoisotopic (exact) mass is 499 g/mol. The Kier molecular flexibility index (Phi) is 10.1. The topological polar surface area (TPSA) is 118 Å². The average Bonchev–Trinajstić information content (AvgIpc) is 2.84. The van der Waals surface area contributed by atoms with Crippen molar-refractivity contribution in [3.05, 3.63) is 54.4 Å². The van der Waals surface area contributed by atoms with Crippen LogP contribution >= 0.6 is 12.4 Å². The highest BCUT2D eigenvalue weighted by Gasteiger charge is 2.42. The zero-order chi connectivity index (χ0) is 23.1. The first kappa shape index (κ1) is 27.0. The van der Waals surface area contributed by atoms with E-state index in [0.717, 1.165) is 0 Å². The molecule has 0 spiro atoms. The van der Waals surface area contributed by atoms with Gasteiger partial charge in [0.15, 0.2) is 0 Å². The third-order valence-corrected chi connectivity index (χ3v) is 7.78. The maximum Gasteiger partial charge on any atom is 0.262 e. The molecule has 0 saturated heterocycles. The van der Waals surface area contributed by atoms with E-state index in [0.29, 0.717) is 37.0 Å². The fourth-order valence-corrected chi connectivity index (χ4v) is 5.81. The second-order valence-electron chi connectivity index (χ2n) is 7.77. The van der Waals surface area contributed by atoms with Crippen LogP contribution in [-0.2, 0) is 26.1 Å². The van der Waals surface area contributed by atoms with Crippen LogP contribution in [0.25, 0.3) is 0 Å². The Morgan fingerprint density at radius 2 is 1.73 bits per heavy atom. The molecule has 0 aliphatic heterocycles. The van der Waals surface area contributed by atoms with Gasteiger partial charge in [0.2, 0.25) is 10.0 Å². The predicted octanol–water partition coefficient (Wildman–Crippen LogP) is 2.78. The van der Waals surface area contributed by atoms with Crippen molar-refractivity contribution in [1.82, 2.24) is 14.8 Å². The highest BCUT2D eigenvalue weighted by Crippen LogP contribution is 2.34. The van der Waals surface area contributed by atoms with Crippen LogP contribution in [0.15, 0.2) is 53.7 Å². The Bertz CT molecular complexity index is 983. The lowest BCUT2D eigenvalue weighted by Crippen LogP contribution is -2.53. The Morgan fingerprint density at radius 3 is 2.24 bits per heavy atom. The number of sulfonamides is 1. The van der Waals surface area contributed by atoms with E-state index in [-0.39, 0.29) is 35.9 Å². The molecule has 1 aromatic heterocycles. The number of carbonyl (C=O) groups excluding carboxylic acids is 1. The molecule has 2 N–H and O–H groups in total. The number of benzene rings is 1. The summed E-state index contributed by atoms with van der Waals surface area (Å²) in [7, 11) is -0.950. The summed E-state index contributed by atoms with van der Waals surface area (Å²) in [4.78, 5) is 16.9. The van der Waals surface area contributed by atoms with E-state index in [2.05, 4.69) is 4.98 Å². The van der Waals surface area contributed by atoms with Crippen LogP contribution in [0, 0.1) is 5.92 Å². The molecule has 3 rings (SSSR count). The molecule has 1 fully saturated rings. The summed E-state index contributed by atoms with van der Waals surface area (Å²) in [6.07, 6.45) is 5.83. The third-order valence-electron chi connectivity index (χ3n) is 5.94. The molecule has 1 atom stereocenters. The lowest BCUT2D eigenvalue weighted by molar-refractivity contribution is -0.136. The first-order chi connectivity index (χ1) is 15.4. The van der Waals surface area contributed by atoms with Crippen molar-refractivity contribution in [1.29, 1.82) is 0 Å². The molecule has 0 radical (unpaired) electrons. The number of pyridine rings is 1. The van der Waals surface area contributed by atoms with Gasteiger partial charge in [0.1, 0.15) is 11.8 Å². The molecule has 2 aromatic rings. The number of hydrogen-bond acceptors (Lipinski definition) is 7. The third kappa shape index (κ3) is 6.42. The van der Waals surface area contributed by atoms with E-state index >= 15 is 0 Å².